The van der Waals surface area contributed by atoms with Gasteiger partial charge in [0.1, 0.15) is 24.0 Å². The van der Waals surface area contributed by atoms with E-state index in [1.807, 2.05) is 12.1 Å². The van der Waals surface area contributed by atoms with Crippen molar-refractivity contribution in [2.75, 3.05) is 5.32 Å². The van der Waals surface area contributed by atoms with E-state index in [1.54, 1.807) is 28.7 Å². The van der Waals surface area contributed by atoms with Crippen molar-refractivity contribution < 1.29 is 13.6 Å². The molecule has 0 unspecified atom stereocenters. The van der Waals surface area contributed by atoms with Crippen molar-refractivity contribution >= 4 is 23.8 Å². The highest BCUT2D eigenvalue weighted by Crippen LogP contribution is 2.15. The Morgan fingerprint density at radius 3 is 2.67 bits per heavy atom. The summed E-state index contributed by atoms with van der Waals surface area (Å²) in [7, 11) is 0. The molecule has 0 spiro atoms. The van der Waals surface area contributed by atoms with Crippen molar-refractivity contribution in [3.05, 3.63) is 65.0 Å². The highest BCUT2D eigenvalue weighted by atomic mass is 32.1. The zero-order chi connectivity index (χ0) is 17.3. The summed E-state index contributed by atoms with van der Waals surface area (Å²) in [5.41, 5.74) is -0.102. The number of hydrogen-bond acceptors (Lipinski definition) is 3. The van der Waals surface area contributed by atoms with E-state index in [-0.39, 0.29) is 12.2 Å². The Morgan fingerprint density at radius 1 is 1.29 bits per heavy atom. The van der Waals surface area contributed by atoms with Gasteiger partial charge in [-0.25, -0.2) is 18.1 Å². The van der Waals surface area contributed by atoms with E-state index in [4.69, 9.17) is 12.2 Å². The molecule has 9 heteroatoms. The molecule has 0 saturated heterocycles. The molecular formula is C15H13F2N5OS. The standard InChI is InChI=1S/C15H13F2N5OS/c1-10-19-21(15(24)22(10)20-6-2-3-7-20)9-14(23)18-13-5-4-11(16)8-12(13)17/h2-8H,9H2,1H3,(H,18,23). The molecule has 1 N–H and O–H groups in total. The molecule has 6 nitrogen and oxygen atoms in total. The van der Waals surface area contributed by atoms with Gasteiger partial charge in [-0.05, 0) is 43.4 Å². The van der Waals surface area contributed by atoms with Crippen LogP contribution in [0.5, 0.6) is 0 Å². The van der Waals surface area contributed by atoms with Crippen molar-refractivity contribution in [3.63, 3.8) is 0 Å². The van der Waals surface area contributed by atoms with Gasteiger partial charge >= 0.3 is 0 Å². The number of carbonyl (C=O) groups excluding carboxylic acids is 1. The number of hydrogen-bond donors (Lipinski definition) is 1. The Bertz CT molecular complexity index is 945. The minimum Gasteiger partial charge on any atom is -0.322 e. The van der Waals surface area contributed by atoms with E-state index < -0.39 is 17.5 Å². The maximum atomic E-state index is 13.6. The third-order valence-corrected chi connectivity index (χ3v) is 3.68. The molecule has 0 aliphatic rings. The monoisotopic (exact) mass is 349 g/mol. The van der Waals surface area contributed by atoms with Crippen molar-refractivity contribution in [1.82, 2.24) is 19.1 Å². The maximum absolute atomic E-state index is 13.6. The summed E-state index contributed by atoms with van der Waals surface area (Å²) in [6.45, 7) is 1.56. The van der Waals surface area contributed by atoms with Gasteiger partial charge in [-0.2, -0.15) is 5.10 Å². The minimum absolute atomic E-state index is 0.102. The van der Waals surface area contributed by atoms with Gasteiger partial charge in [0.15, 0.2) is 0 Å². The van der Waals surface area contributed by atoms with Crippen LogP contribution in [0, 0.1) is 23.3 Å². The lowest BCUT2D eigenvalue weighted by molar-refractivity contribution is -0.117. The molecule has 0 atom stereocenters. The molecule has 0 fully saturated rings. The van der Waals surface area contributed by atoms with Crippen LogP contribution in [0.4, 0.5) is 14.5 Å². The van der Waals surface area contributed by atoms with Gasteiger partial charge in [0, 0.05) is 18.5 Å². The van der Waals surface area contributed by atoms with Crippen LogP contribution in [-0.2, 0) is 11.3 Å². The SMILES string of the molecule is Cc1nn(CC(=O)Nc2ccc(F)cc2F)c(=S)n1-n1cccc1. The smallest absolute Gasteiger partial charge is 0.246 e. The average molecular weight is 349 g/mol. The molecule has 124 valence electrons. The Morgan fingerprint density at radius 2 is 2.00 bits per heavy atom. The number of amides is 1. The van der Waals surface area contributed by atoms with Crippen molar-refractivity contribution in [3.8, 4) is 0 Å². The summed E-state index contributed by atoms with van der Waals surface area (Å²) < 4.78 is 31.5. The molecule has 0 aliphatic carbocycles. The summed E-state index contributed by atoms with van der Waals surface area (Å²) in [5.74, 6) is -1.49. The van der Waals surface area contributed by atoms with Gasteiger partial charge in [0.05, 0.1) is 5.69 Å². The summed E-state index contributed by atoms with van der Waals surface area (Å²) >= 11 is 5.33. The number of carbonyl (C=O) groups is 1. The summed E-state index contributed by atoms with van der Waals surface area (Å²) in [4.78, 5) is 12.1. The van der Waals surface area contributed by atoms with Gasteiger partial charge < -0.3 is 5.32 Å². The number of halogens is 2. The van der Waals surface area contributed by atoms with Gasteiger partial charge in [-0.1, -0.05) is 0 Å². The first-order valence-electron chi connectivity index (χ1n) is 7.00. The van der Waals surface area contributed by atoms with E-state index in [0.717, 1.165) is 12.1 Å². The molecule has 1 amide bonds. The van der Waals surface area contributed by atoms with Gasteiger partial charge in [0.25, 0.3) is 0 Å². The minimum atomic E-state index is -0.846. The number of aryl methyl sites for hydroxylation is 1. The maximum Gasteiger partial charge on any atom is 0.246 e. The molecule has 0 radical (unpaired) electrons. The van der Waals surface area contributed by atoms with Crippen molar-refractivity contribution in [2.24, 2.45) is 0 Å². The molecule has 0 bridgehead atoms. The lowest BCUT2D eigenvalue weighted by Crippen LogP contribution is -2.20. The normalized spacial score (nSPS) is 10.8. The predicted octanol–water partition coefficient (Wildman–Crippen LogP) is 2.75. The molecule has 0 saturated carbocycles. The average Bonchev–Trinajstić information content (AvgIpc) is 3.11. The second-order valence-electron chi connectivity index (χ2n) is 5.03. The third kappa shape index (κ3) is 3.11. The van der Waals surface area contributed by atoms with Crippen LogP contribution in [0.2, 0.25) is 0 Å². The number of rotatable bonds is 4. The Labute approximate surface area is 140 Å². The van der Waals surface area contributed by atoms with Crippen LogP contribution < -0.4 is 5.32 Å². The molecule has 0 aliphatic heterocycles. The van der Waals surface area contributed by atoms with E-state index >= 15 is 0 Å². The fraction of sp³-hybridized carbons (Fsp3) is 0.133. The van der Waals surface area contributed by atoms with Crippen LogP contribution in [0.3, 0.4) is 0 Å². The number of nitrogens with one attached hydrogen (secondary N) is 1. The first kappa shape index (κ1) is 16.1. The van der Waals surface area contributed by atoms with Crippen LogP contribution in [-0.4, -0.2) is 25.0 Å². The first-order chi connectivity index (χ1) is 11.5. The van der Waals surface area contributed by atoms with Crippen LogP contribution in [0.1, 0.15) is 5.82 Å². The van der Waals surface area contributed by atoms with E-state index in [0.29, 0.717) is 16.7 Å². The third-order valence-electron chi connectivity index (χ3n) is 3.29. The highest BCUT2D eigenvalue weighted by Gasteiger charge is 2.13. The highest BCUT2D eigenvalue weighted by molar-refractivity contribution is 7.71. The Hall–Kier alpha value is -2.81. The number of aromatic nitrogens is 4. The topological polar surface area (TPSA) is 56.8 Å². The number of anilines is 1. The fourth-order valence-corrected chi connectivity index (χ4v) is 2.58. The van der Waals surface area contributed by atoms with Gasteiger partial charge in [-0.15, -0.1) is 0 Å². The first-order valence-corrected chi connectivity index (χ1v) is 7.41. The van der Waals surface area contributed by atoms with Gasteiger partial charge in [0.2, 0.25) is 10.7 Å². The molecule has 3 rings (SSSR count). The fourth-order valence-electron chi connectivity index (χ4n) is 2.25. The Balaban J connectivity index is 1.80. The second kappa shape index (κ2) is 6.36. The zero-order valence-corrected chi connectivity index (χ0v) is 13.4. The lowest BCUT2D eigenvalue weighted by atomic mass is 10.3. The van der Waals surface area contributed by atoms with Crippen LogP contribution in [0.25, 0.3) is 0 Å². The molecule has 2 aromatic heterocycles. The summed E-state index contributed by atoms with van der Waals surface area (Å²) in [5, 5.41) is 6.60. The Kier molecular flexibility index (Phi) is 4.26. The van der Waals surface area contributed by atoms with E-state index in [1.165, 1.54) is 4.68 Å². The predicted molar refractivity (Wildman–Crippen MR) is 86.0 cm³/mol. The number of nitrogens with zero attached hydrogens (tertiary/aromatic N) is 4. The summed E-state index contributed by atoms with van der Waals surface area (Å²) in [6.07, 6.45) is 3.59. The molecule has 3 aromatic rings. The molecular weight excluding hydrogens is 336 g/mol. The largest absolute Gasteiger partial charge is 0.322 e. The lowest BCUT2D eigenvalue weighted by Gasteiger charge is -2.07. The van der Waals surface area contributed by atoms with E-state index in [9.17, 15) is 13.6 Å². The van der Waals surface area contributed by atoms with Crippen molar-refractivity contribution in [1.29, 1.82) is 0 Å². The van der Waals surface area contributed by atoms with Crippen LogP contribution in [0.15, 0.2) is 42.7 Å². The molecule has 1 aromatic carbocycles. The quantitative estimate of drug-likeness (QED) is 0.737. The molecule has 24 heavy (non-hydrogen) atoms. The zero-order valence-electron chi connectivity index (χ0n) is 12.6. The van der Waals surface area contributed by atoms with Gasteiger partial charge in [-0.3, -0.25) is 9.47 Å². The van der Waals surface area contributed by atoms with E-state index in [2.05, 4.69) is 10.4 Å². The second-order valence-corrected chi connectivity index (χ2v) is 5.40. The van der Waals surface area contributed by atoms with Crippen LogP contribution >= 0.6 is 12.2 Å². The summed E-state index contributed by atoms with van der Waals surface area (Å²) in [6, 6.07) is 6.60. The van der Waals surface area contributed by atoms with Crippen molar-refractivity contribution in [2.45, 2.75) is 13.5 Å². The molecule has 2 heterocycles. The number of benzene rings is 1.